The van der Waals surface area contributed by atoms with E-state index in [1.807, 2.05) is 19.1 Å². The summed E-state index contributed by atoms with van der Waals surface area (Å²) in [7, 11) is 0. The van der Waals surface area contributed by atoms with Crippen molar-refractivity contribution in [3.8, 4) is 0 Å². The maximum Gasteiger partial charge on any atom is -0.0285 e. The van der Waals surface area contributed by atoms with Gasteiger partial charge in [0.25, 0.3) is 0 Å². The maximum atomic E-state index is 4.02. The summed E-state index contributed by atoms with van der Waals surface area (Å²) in [4.78, 5) is 0. The lowest BCUT2D eigenvalue weighted by Gasteiger charge is -2.00. The van der Waals surface area contributed by atoms with Gasteiger partial charge in [-0.25, -0.2) is 0 Å². The van der Waals surface area contributed by atoms with Crippen LogP contribution in [0.1, 0.15) is 45.4 Å². The summed E-state index contributed by atoms with van der Waals surface area (Å²) in [5.74, 6) is 0. The third-order valence-electron chi connectivity index (χ3n) is 2.26. The molecule has 0 aromatic rings. The lowest BCUT2D eigenvalue weighted by Crippen LogP contribution is -1.80. The van der Waals surface area contributed by atoms with Crippen LogP contribution in [0, 0.1) is 0 Å². The van der Waals surface area contributed by atoms with Crippen molar-refractivity contribution >= 4 is 0 Å². The van der Waals surface area contributed by atoms with E-state index in [1.165, 1.54) is 31.3 Å². The van der Waals surface area contributed by atoms with Crippen LogP contribution in [-0.2, 0) is 0 Å². The van der Waals surface area contributed by atoms with Gasteiger partial charge in [-0.3, -0.25) is 0 Å². The highest BCUT2D eigenvalue weighted by Crippen LogP contribution is 2.11. The Kier molecular flexibility index (Phi) is 8.85. The number of hydrogen-bond acceptors (Lipinski definition) is 0. The van der Waals surface area contributed by atoms with Crippen LogP contribution in [-0.4, -0.2) is 0 Å². The smallest absolute Gasteiger partial charge is 0.0285 e. The third-order valence-corrected chi connectivity index (χ3v) is 2.26. The van der Waals surface area contributed by atoms with Gasteiger partial charge in [-0.05, 0) is 32.6 Å². The molecule has 0 aromatic heterocycles. The summed E-state index contributed by atoms with van der Waals surface area (Å²) in [5.41, 5.74) is 2.30. The molecule has 0 unspecified atom stereocenters. The van der Waals surface area contributed by atoms with E-state index < -0.39 is 0 Å². The minimum atomic E-state index is 1.09. The van der Waals surface area contributed by atoms with Crippen LogP contribution in [0.4, 0.5) is 0 Å². The van der Waals surface area contributed by atoms with E-state index in [9.17, 15) is 0 Å². The zero-order chi connectivity index (χ0) is 11.5. The summed E-state index contributed by atoms with van der Waals surface area (Å²) in [5, 5.41) is 0. The molecule has 0 fully saturated rings. The molecule has 0 saturated heterocycles. The summed E-state index contributed by atoms with van der Waals surface area (Å²) in [6.07, 6.45) is 13.5. The molecule has 0 aromatic carbocycles. The monoisotopic (exact) mass is 204 g/mol. The van der Waals surface area contributed by atoms with Crippen LogP contribution in [0.5, 0.6) is 0 Å². The van der Waals surface area contributed by atoms with Gasteiger partial charge in [0.15, 0.2) is 0 Å². The molecule has 0 rings (SSSR count). The topological polar surface area (TPSA) is 0 Å². The van der Waals surface area contributed by atoms with E-state index in [4.69, 9.17) is 0 Å². The van der Waals surface area contributed by atoms with Gasteiger partial charge in [-0.1, -0.05) is 55.4 Å². The van der Waals surface area contributed by atoms with E-state index >= 15 is 0 Å². The summed E-state index contributed by atoms with van der Waals surface area (Å²) < 4.78 is 0. The van der Waals surface area contributed by atoms with Gasteiger partial charge < -0.3 is 0 Å². The molecule has 0 amide bonds. The number of rotatable bonds is 9. The first-order valence-corrected chi connectivity index (χ1v) is 5.79. The summed E-state index contributed by atoms with van der Waals surface area (Å²) >= 11 is 0. The van der Waals surface area contributed by atoms with Gasteiger partial charge >= 0.3 is 0 Å². The fourth-order valence-corrected chi connectivity index (χ4v) is 1.34. The molecule has 0 aliphatic heterocycles. The molecular weight excluding hydrogens is 180 g/mol. The third kappa shape index (κ3) is 10.9. The highest BCUT2D eigenvalue weighted by molar-refractivity contribution is 5.22. The molecule has 0 heterocycles. The van der Waals surface area contributed by atoms with Crippen molar-refractivity contribution in [2.24, 2.45) is 0 Å². The SMILES string of the molecule is C=CCCCCCCC(=C)/C=C\C(=C)C. The minimum Gasteiger partial charge on any atom is -0.103 e. The Balaban J connectivity index is 3.39. The summed E-state index contributed by atoms with van der Waals surface area (Å²) in [6.45, 7) is 13.6. The van der Waals surface area contributed by atoms with E-state index in [2.05, 4.69) is 25.8 Å². The van der Waals surface area contributed by atoms with Gasteiger partial charge in [0.2, 0.25) is 0 Å². The fraction of sp³-hybridized carbons (Fsp3) is 0.467. The Morgan fingerprint density at radius 2 is 1.67 bits per heavy atom. The van der Waals surface area contributed by atoms with Crippen LogP contribution in [0.2, 0.25) is 0 Å². The Bertz CT molecular complexity index is 230. The first kappa shape index (κ1) is 14.0. The molecule has 0 aliphatic carbocycles. The Morgan fingerprint density at radius 3 is 2.27 bits per heavy atom. The molecule has 0 atom stereocenters. The maximum absolute atomic E-state index is 4.02. The van der Waals surface area contributed by atoms with Crippen molar-refractivity contribution < 1.29 is 0 Å². The van der Waals surface area contributed by atoms with E-state index in [-0.39, 0.29) is 0 Å². The van der Waals surface area contributed by atoms with E-state index in [1.54, 1.807) is 0 Å². The standard InChI is InChI=1S/C15H24/c1-5-6-7-8-9-10-11-15(4)13-12-14(2)3/h5,12-13H,1-2,4,6-11H2,3H3/b13-12-. The van der Waals surface area contributed by atoms with Crippen LogP contribution in [0.25, 0.3) is 0 Å². The van der Waals surface area contributed by atoms with Gasteiger partial charge in [0.05, 0.1) is 0 Å². The second kappa shape index (κ2) is 9.51. The molecule has 84 valence electrons. The number of hydrogen-bond donors (Lipinski definition) is 0. The second-order valence-corrected chi connectivity index (χ2v) is 4.08. The average molecular weight is 204 g/mol. The summed E-state index contributed by atoms with van der Waals surface area (Å²) in [6, 6.07) is 0. The zero-order valence-corrected chi connectivity index (χ0v) is 10.1. The first-order chi connectivity index (χ1) is 7.16. The van der Waals surface area contributed by atoms with Gasteiger partial charge in [-0.15, -0.1) is 6.58 Å². The van der Waals surface area contributed by atoms with Gasteiger partial charge in [0.1, 0.15) is 0 Å². The molecule has 0 radical (unpaired) electrons. The van der Waals surface area contributed by atoms with Crippen LogP contribution >= 0.6 is 0 Å². The second-order valence-electron chi connectivity index (χ2n) is 4.08. The van der Waals surface area contributed by atoms with Crippen molar-refractivity contribution in [1.82, 2.24) is 0 Å². The normalized spacial score (nSPS) is 10.5. The van der Waals surface area contributed by atoms with Crippen LogP contribution < -0.4 is 0 Å². The van der Waals surface area contributed by atoms with E-state index in [0.29, 0.717) is 0 Å². The van der Waals surface area contributed by atoms with Gasteiger partial charge in [0, 0.05) is 0 Å². The van der Waals surface area contributed by atoms with Crippen molar-refractivity contribution in [2.75, 3.05) is 0 Å². The quantitative estimate of drug-likeness (QED) is 0.275. The first-order valence-electron chi connectivity index (χ1n) is 5.79. The minimum absolute atomic E-state index is 1.09. The predicted octanol–water partition coefficient (Wildman–Crippen LogP) is 5.20. The lowest BCUT2D eigenvalue weighted by atomic mass is 10.1. The van der Waals surface area contributed by atoms with Crippen molar-refractivity contribution in [1.29, 1.82) is 0 Å². The van der Waals surface area contributed by atoms with Crippen molar-refractivity contribution in [2.45, 2.75) is 45.4 Å². The molecule has 0 aliphatic rings. The number of unbranched alkanes of at least 4 members (excludes halogenated alkanes) is 4. The average Bonchev–Trinajstić information content (AvgIpc) is 2.20. The molecule has 0 spiro atoms. The predicted molar refractivity (Wildman–Crippen MR) is 71.0 cm³/mol. The lowest BCUT2D eigenvalue weighted by molar-refractivity contribution is 0.648. The Morgan fingerprint density at radius 1 is 1.00 bits per heavy atom. The number of allylic oxidation sites excluding steroid dienone is 5. The molecule has 0 N–H and O–H groups in total. The van der Waals surface area contributed by atoms with Gasteiger partial charge in [-0.2, -0.15) is 0 Å². The fourth-order valence-electron chi connectivity index (χ4n) is 1.34. The van der Waals surface area contributed by atoms with Crippen LogP contribution in [0.15, 0.2) is 49.1 Å². The molecule has 0 bridgehead atoms. The molecule has 15 heavy (non-hydrogen) atoms. The zero-order valence-electron chi connectivity index (χ0n) is 10.1. The van der Waals surface area contributed by atoms with Crippen molar-refractivity contribution in [3.05, 3.63) is 49.1 Å². The molecular formula is C15H24. The Hall–Kier alpha value is -1.04. The molecule has 0 saturated carbocycles. The molecule has 0 heteroatoms. The van der Waals surface area contributed by atoms with Crippen molar-refractivity contribution in [3.63, 3.8) is 0 Å². The largest absolute Gasteiger partial charge is 0.103 e. The molecule has 0 nitrogen and oxygen atoms in total. The van der Waals surface area contributed by atoms with Crippen LogP contribution in [0.3, 0.4) is 0 Å². The highest BCUT2D eigenvalue weighted by atomic mass is 14.0. The Labute approximate surface area is 95.1 Å². The highest BCUT2D eigenvalue weighted by Gasteiger charge is 1.91. The van der Waals surface area contributed by atoms with E-state index in [0.717, 1.165) is 18.4 Å².